The summed E-state index contributed by atoms with van der Waals surface area (Å²) in [6.45, 7) is 0.260. The Kier molecular flexibility index (Phi) is 9.22. The smallest absolute Gasteiger partial charge is 0.408 e. The van der Waals surface area contributed by atoms with E-state index in [0.29, 0.717) is 16.9 Å². The maximum Gasteiger partial charge on any atom is 0.408 e. The molecular weight excluding hydrogens is 496 g/mol. The number of carbonyl (C=O) groups is 3. The molecule has 0 spiro atoms. The van der Waals surface area contributed by atoms with Crippen LogP contribution < -0.4 is 16.0 Å². The molecule has 0 fully saturated rings. The standard InChI is InChI=1S/C30H28N4O5/c35-28(36)27(34-30(38)39-20-21-9-3-1-4-10-21)18-22-14-15-25(23-11-5-2-6-12-23)26(17-22)33-29(37)32-19-24-13-7-8-16-31-24/h1-17,27H,18-20H2,(H,34,38)(H,35,36)(H2,32,33,37). The molecule has 4 rings (SSSR count). The fraction of sp³-hybridized carbons (Fsp3) is 0.133. The van der Waals surface area contributed by atoms with E-state index in [1.165, 1.54) is 0 Å². The molecule has 0 aliphatic heterocycles. The van der Waals surface area contributed by atoms with Crippen molar-refractivity contribution in [3.05, 3.63) is 120 Å². The van der Waals surface area contributed by atoms with Crippen LogP contribution in [0.5, 0.6) is 0 Å². The summed E-state index contributed by atoms with van der Waals surface area (Å²) in [6, 6.07) is 27.6. The highest BCUT2D eigenvalue weighted by atomic mass is 16.5. The van der Waals surface area contributed by atoms with Gasteiger partial charge >= 0.3 is 18.1 Å². The number of carbonyl (C=O) groups excluding carboxylic acids is 2. The van der Waals surface area contributed by atoms with Gasteiger partial charge in [-0.1, -0.05) is 78.9 Å². The summed E-state index contributed by atoms with van der Waals surface area (Å²) in [6.07, 6.45) is 0.796. The lowest BCUT2D eigenvalue weighted by molar-refractivity contribution is -0.139. The van der Waals surface area contributed by atoms with Crippen LogP contribution in [0.2, 0.25) is 0 Å². The topological polar surface area (TPSA) is 130 Å². The molecule has 0 aliphatic carbocycles. The Morgan fingerprint density at radius 1 is 0.846 bits per heavy atom. The first-order chi connectivity index (χ1) is 19.0. The first kappa shape index (κ1) is 26.9. The van der Waals surface area contributed by atoms with Gasteiger partial charge in [-0.2, -0.15) is 0 Å². The van der Waals surface area contributed by atoms with Crippen molar-refractivity contribution in [3.63, 3.8) is 0 Å². The van der Waals surface area contributed by atoms with Crippen molar-refractivity contribution in [2.24, 2.45) is 0 Å². The average Bonchev–Trinajstić information content (AvgIpc) is 2.96. The van der Waals surface area contributed by atoms with Crippen LogP contribution in [-0.4, -0.2) is 34.2 Å². The zero-order valence-electron chi connectivity index (χ0n) is 21.0. The second-order valence-electron chi connectivity index (χ2n) is 8.68. The molecule has 0 bridgehead atoms. The van der Waals surface area contributed by atoms with Crippen LogP contribution in [-0.2, 0) is 29.1 Å². The average molecular weight is 525 g/mol. The van der Waals surface area contributed by atoms with Gasteiger partial charge in [0.05, 0.1) is 17.9 Å². The molecule has 9 heteroatoms. The van der Waals surface area contributed by atoms with Crippen LogP contribution in [0, 0.1) is 0 Å². The lowest BCUT2D eigenvalue weighted by Crippen LogP contribution is -2.42. The van der Waals surface area contributed by atoms with Crippen LogP contribution >= 0.6 is 0 Å². The number of urea groups is 1. The third-order valence-corrected chi connectivity index (χ3v) is 5.82. The van der Waals surface area contributed by atoms with Crippen molar-refractivity contribution >= 4 is 23.8 Å². The van der Waals surface area contributed by atoms with Crippen molar-refractivity contribution in [1.29, 1.82) is 0 Å². The Morgan fingerprint density at radius 3 is 2.26 bits per heavy atom. The maximum atomic E-state index is 12.7. The minimum absolute atomic E-state index is 0.0188. The minimum Gasteiger partial charge on any atom is -0.480 e. The molecule has 1 heterocycles. The second-order valence-corrected chi connectivity index (χ2v) is 8.68. The van der Waals surface area contributed by atoms with Crippen molar-refractivity contribution in [2.45, 2.75) is 25.6 Å². The number of carboxylic acids is 1. The summed E-state index contributed by atoms with van der Waals surface area (Å²) < 4.78 is 5.18. The number of hydrogen-bond acceptors (Lipinski definition) is 5. The zero-order valence-corrected chi connectivity index (χ0v) is 21.0. The second kappa shape index (κ2) is 13.4. The van der Waals surface area contributed by atoms with Gasteiger partial charge in [-0.25, -0.2) is 14.4 Å². The number of hydrogen-bond donors (Lipinski definition) is 4. The molecule has 4 aromatic rings. The molecule has 1 atom stereocenters. The van der Waals surface area contributed by atoms with E-state index in [1.54, 1.807) is 42.6 Å². The van der Waals surface area contributed by atoms with E-state index in [4.69, 9.17) is 4.74 Å². The molecule has 0 radical (unpaired) electrons. The Bertz CT molecular complexity index is 1400. The van der Waals surface area contributed by atoms with Gasteiger partial charge in [0.15, 0.2) is 0 Å². The van der Waals surface area contributed by atoms with Gasteiger partial charge in [0.1, 0.15) is 12.6 Å². The van der Waals surface area contributed by atoms with Gasteiger partial charge < -0.3 is 25.8 Å². The van der Waals surface area contributed by atoms with Gasteiger partial charge in [0.2, 0.25) is 0 Å². The highest BCUT2D eigenvalue weighted by Gasteiger charge is 2.22. The van der Waals surface area contributed by atoms with E-state index in [-0.39, 0.29) is 19.6 Å². The van der Waals surface area contributed by atoms with Crippen LogP contribution in [0.4, 0.5) is 15.3 Å². The van der Waals surface area contributed by atoms with Crippen LogP contribution in [0.3, 0.4) is 0 Å². The number of carboxylic acid groups (broad SMARTS) is 1. The number of ether oxygens (including phenoxy) is 1. The Morgan fingerprint density at radius 2 is 1.56 bits per heavy atom. The lowest BCUT2D eigenvalue weighted by Gasteiger charge is -2.17. The van der Waals surface area contributed by atoms with Gasteiger partial charge in [-0.3, -0.25) is 4.98 Å². The highest BCUT2D eigenvalue weighted by molar-refractivity contribution is 5.94. The number of rotatable bonds is 10. The molecule has 3 amide bonds. The molecule has 0 saturated carbocycles. The molecule has 4 N–H and O–H groups in total. The Hall–Kier alpha value is -5.18. The van der Waals surface area contributed by atoms with Crippen LogP contribution in [0.1, 0.15) is 16.8 Å². The number of pyridine rings is 1. The Labute approximate surface area is 225 Å². The third-order valence-electron chi connectivity index (χ3n) is 5.82. The number of nitrogens with one attached hydrogen (secondary N) is 3. The predicted molar refractivity (Wildman–Crippen MR) is 147 cm³/mol. The van der Waals surface area contributed by atoms with E-state index < -0.39 is 24.1 Å². The summed E-state index contributed by atoms with van der Waals surface area (Å²) in [4.78, 5) is 41.1. The molecule has 39 heavy (non-hydrogen) atoms. The van der Waals surface area contributed by atoms with Crippen LogP contribution in [0.15, 0.2) is 103 Å². The minimum atomic E-state index is -1.23. The van der Waals surface area contributed by atoms with Gasteiger partial charge in [-0.05, 0) is 34.9 Å². The van der Waals surface area contributed by atoms with Crippen molar-refractivity contribution in [2.75, 3.05) is 5.32 Å². The van der Waals surface area contributed by atoms with Gasteiger partial charge in [0, 0.05) is 18.2 Å². The summed E-state index contributed by atoms with van der Waals surface area (Å²) in [7, 11) is 0. The molecule has 0 aliphatic rings. The molecule has 9 nitrogen and oxygen atoms in total. The van der Waals surface area contributed by atoms with E-state index in [2.05, 4.69) is 20.9 Å². The maximum absolute atomic E-state index is 12.7. The van der Waals surface area contributed by atoms with E-state index in [0.717, 1.165) is 16.7 Å². The summed E-state index contributed by atoms with van der Waals surface area (Å²) in [5.74, 6) is -1.21. The number of aromatic nitrogens is 1. The highest BCUT2D eigenvalue weighted by Crippen LogP contribution is 2.29. The fourth-order valence-electron chi connectivity index (χ4n) is 3.87. The third kappa shape index (κ3) is 8.16. The van der Waals surface area contributed by atoms with Gasteiger partial charge in [-0.15, -0.1) is 0 Å². The van der Waals surface area contributed by atoms with E-state index >= 15 is 0 Å². The normalized spacial score (nSPS) is 11.2. The van der Waals surface area contributed by atoms with Crippen molar-refractivity contribution in [3.8, 4) is 11.1 Å². The molecular formula is C30H28N4O5. The van der Waals surface area contributed by atoms with Crippen LogP contribution in [0.25, 0.3) is 11.1 Å². The molecule has 1 aromatic heterocycles. The number of benzene rings is 3. The molecule has 198 valence electrons. The zero-order chi connectivity index (χ0) is 27.5. The molecule has 1 unspecified atom stereocenters. The van der Waals surface area contributed by atoms with E-state index in [1.807, 2.05) is 60.7 Å². The number of alkyl carbamates (subject to hydrolysis) is 1. The Balaban J connectivity index is 1.47. The SMILES string of the molecule is O=C(NCc1ccccn1)Nc1cc(CC(NC(=O)OCc2ccccc2)C(=O)O)ccc1-c1ccccc1. The predicted octanol–water partition coefficient (Wildman–Crippen LogP) is 4.99. The first-order valence-electron chi connectivity index (χ1n) is 12.3. The lowest BCUT2D eigenvalue weighted by atomic mass is 9.98. The first-order valence-corrected chi connectivity index (χ1v) is 12.3. The fourth-order valence-corrected chi connectivity index (χ4v) is 3.87. The summed E-state index contributed by atoms with van der Waals surface area (Å²) in [5.41, 5.74) is 4.22. The number of nitrogens with zero attached hydrogens (tertiary/aromatic N) is 1. The van der Waals surface area contributed by atoms with E-state index in [9.17, 15) is 19.5 Å². The largest absolute Gasteiger partial charge is 0.480 e. The molecule has 3 aromatic carbocycles. The number of amides is 3. The summed E-state index contributed by atoms with van der Waals surface area (Å²) in [5, 5.41) is 17.8. The van der Waals surface area contributed by atoms with Crippen molar-refractivity contribution < 1.29 is 24.2 Å². The molecule has 0 saturated heterocycles. The van der Waals surface area contributed by atoms with Gasteiger partial charge in [0.25, 0.3) is 0 Å². The monoisotopic (exact) mass is 524 g/mol. The quantitative estimate of drug-likeness (QED) is 0.231. The number of aliphatic carboxylic acids is 1. The number of anilines is 1. The summed E-state index contributed by atoms with van der Waals surface area (Å²) >= 11 is 0. The van der Waals surface area contributed by atoms with Crippen molar-refractivity contribution in [1.82, 2.24) is 15.6 Å².